The third kappa shape index (κ3) is 2.42. The number of ether oxygens (including phenoxy) is 1. The van der Waals surface area contributed by atoms with Crippen molar-refractivity contribution in [3.63, 3.8) is 0 Å². The summed E-state index contributed by atoms with van der Waals surface area (Å²) in [7, 11) is 0. The van der Waals surface area contributed by atoms with E-state index in [0.29, 0.717) is 37.6 Å². The van der Waals surface area contributed by atoms with Crippen molar-refractivity contribution in [1.82, 2.24) is 9.38 Å². The van der Waals surface area contributed by atoms with Crippen molar-refractivity contribution >= 4 is 17.8 Å². The van der Waals surface area contributed by atoms with Gasteiger partial charge >= 0.3 is 0 Å². The summed E-state index contributed by atoms with van der Waals surface area (Å²) >= 11 is 0. The second kappa shape index (κ2) is 5.42. The minimum absolute atomic E-state index is 0.107. The smallest absolute Gasteiger partial charge is 0.259 e. The fraction of sp³-hybridized carbons (Fsp3) is 0.357. The molecule has 3 rings (SSSR count). The van der Waals surface area contributed by atoms with Gasteiger partial charge in [-0.3, -0.25) is 9.20 Å². The number of hydrogen-bond acceptors (Lipinski definition) is 5. The summed E-state index contributed by atoms with van der Waals surface area (Å²) in [5, 5.41) is 0. The molecule has 1 aliphatic heterocycles. The SMILES string of the molecule is O=CCC1CN(c2cc(=O)n3ccccc3n2)CCO1. The standard InChI is InChI=1S/C14H15N3O3/c18-7-4-11-10-16(6-8-20-11)13-9-14(19)17-5-2-1-3-12(17)15-13/h1-3,5,7,9,11H,4,6,8,10H2. The molecule has 1 fully saturated rings. The van der Waals surface area contributed by atoms with Gasteiger partial charge in [0.1, 0.15) is 17.8 Å². The lowest BCUT2D eigenvalue weighted by molar-refractivity contribution is -0.110. The number of aldehydes is 1. The molecule has 0 radical (unpaired) electrons. The van der Waals surface area contributed by atoms with E-state index in [1.807, 2.05) is 11.0 Å². The number of rotatable bonds is 3. The van der Waals surface area contributed by atoms with Crippen LogP contribution in [0, 0.1) is 0 Å². The Morgan fingerprint density at radius 3 is 3.20 bits per heavy atom. The molecule has 0 N–H and O–H groups in total. The lowest BCUT2D eigenvalue weighted by Crippen LogP contribution is -2.43. The molecule has 6 nitrogen and oxygen atoms in total. The van der Waals surface area contributed by atoms with E-state index in [1.54, 1.807) is 18.3 Å². The van der Waals surface area contributed by atoms with Gasteiger partial charge in [-0.2, -0.15) is 0 Å². The molecule has 0 bridgehead atoms. The molecule has 0 amide bonds. The first-order valence-electron chi connectivity index (χ1n) is 6.56. The highest BCUT2D eigenvalue weighted by molar-refractivity contribution is 5.51. The summed E-state index contributed by atoms with van der Waals surface area (Å²) in [5.41, 5.74) is 0.512. The second-order valence-corrected chi connectivity index (χ2v) is 4.72. The quantitative estimate of drug-likeness (QED) is 0.761. The van der Waals surface area contributed by atoms with E-state index in [2.05, 4.69) is 4.98 Å². The predicted octanol–water partition coefficient (Wildman–Crippen LogP) is 0.489. The normalized spacial score (nSPS) is 19.2. The molecule has 6 heteroatoms. The van der Waals surface area contributed by atoms with E-state index in [4.69, 9.17) is 4.74 Å². The van der Waals surface area contributed by atoms with Gasteiger partial charge in [0.2, 0.25) is 0 Å². The number of hydrogen-bond donors (Lipinski definition) is 0. The Hall–Kier alpha value is -2.21. The van der Waals surface area contributed by atoms with E-state index in [0.717, 1.165) is 6.29 Å². The van der Waals surface area contributed by atoms with E-state index in [-0.39, 0.29) is 11.7 Å². The van der Waals surface area contributed by atoms with Crippen LogP contribution in [0.4, 0.5) is 5.82 Å². The molecule has 104 valence electrons. The first kappa shape index (κ1) is 12.8. The van der Waals surface area contributed by atoms with Gasteiger partial charge in [-0.15, -0.1) is 0 Å². The van der Waals surface area contributed by atoms with Gasteiger partial charge in [0.05, 0.1) is 12.7 Å². The molecule has 1 unspecified atom stereocenters. The van der Waals surface area contributed by atoms with Crippen molar-refractivity contribution in [2.24, 2.45) is 0 Å². The van der Waals surface area contributed by atoms with Gasteiger partial charge in [0.15, 0.2) is 0 Å². The molecule has 0 spiro atoms. The van der Waals surface area contributed by atoms with Gasteiger partial charge < -0.3 is 14.4 Å². The van der Waals surface area contributed by atoms with Crippen LogP contribution in [0.1, 0.15) is 6.42 Å². The Bertz CT molecular complexity index is 683. The van der Waals surface area contributed by atoms with Crippen molar-refractivity contribution in [3.05, 3.63) is 40.8 Å². The summed E-state index contributed by atoms with van der Waals surface area (Å²) in [5.74, 6) is 0.639. The highest BCUT2D eigenvalue weighted by atomic mass is 16.5. The van der Waals surface area contributed by atoms with Crippen molar-refractivity contribution < 1.29 is 9.53 Å². The predicted molar refractivity (Wildman–Crippen MR) is 74.1 cm³/mol. The molecule has 0 saturated carbocycles. The van der Waals surface area contributed by atoms with Crippen LogP contribution in [0.5, 0.6) is 0 Å². The van der Waals surface area contributed by atoms with Crippen LogP contribution in [0.25, 0.3) is 5.65 Å². The number of morpholine rings is 1. The van der Waals surface area contributed by atoms with Crippen LogP contribution >= 0.6 is 0 Å². The largest absolute Gasteiger partial charge is 0.374 e. The van der Waals surface area contributed by atoms with Crippen LogP contribution < -0.4 is 10.5 Å². The molecule has 2 aromatic rings. The van der Waals surface area contributed by atoms with E-state index in [9.17, 15) is 9.59 Å². The lowest BCUT2D eigenvalue weighted by Gasteiger charge is -2.32. The summed E-state index contributed by atoms with van der Waals surface area (Å²) in [6, 6.07) is 6.97. The zero-order valence-corrected chi connectivity index (χ0v) is 10.9. The van der Waals surface area contributed by atoms with E-state index < -0.39 is 0 Å². The summed E-state index contributed by atoms with van der Waals surface area (Å²) in [4.78, 5) is 29.1. The van der Waals surface area contributed by atoms with Crippen molar-refractivity contribution in [1.29, 1.82) is 0 Å². The molecule has 0 aromatic carbocycles. The lowest BCUT2D eigenvalue weighted by atomic mass is 10.2. The second-order valence-electron chi connectivity index (χ2n) is 4.72. The Morgan fingerprint density at radius 1 is 1.45 bits per heavy atom. The molecule has 2 aromatic heterocycles. The zero-order chi connectivity index (χ0) is 13.9. The molecular weight excluding hydrogens is 258 g/mol. The maximum atomic E-state index is 12.1. The summed E-state index contributed by atoms with van der Waals surface area (Å²) in [6.07, 6.45) is 2.79. The van der Waals surface area contributed by atoms with Gasteiger partial charge in [0, 0.05) is 31.8 Å². The Labute approximate surface area is 115 Å². The third-order valence-electron chi connectivity index (χ3n) is 3.38. The maximum absolute atomic E-state index is 12.1. The number of fused-ring (bicyclic) bond motifs is 1. The Morgan fingerprint density at radius 2 is 2.35 bits per heavy atom. The van der Waals surface area contributed by atoms with Crippen LogP contribution in [0.15, 0.2) is 35.3 Å². The van der Waals surface area contributed by atoms with Gasteiger partial charge in [-0.1, -0.05) is 6.07 Å². The van der Waals surface area contributed by atoms with Gasteiger partial charge in [0.25, 0.3) is 5.56 Å². The Kier molecular flexibility index (Phi) is 3.47. The van der Waals surface area contributed by atoms with Crippen LogP contribution in [0.3, 0.4) is 0 Å². The molecule has 1 atom stereocenters. The fourth-order valence-corrected chi connectivity index (χ4v) is 2.38. The third-order valence-corrected chi connectivity index (χ3v) is 3.38. The Balaban J connectivity index is 1.93. The maximum Gasteiger partial charge on any atom is 0.259 e. The average molecular weight is 273 g/mol. The van der Waals surface area contributed by atoms with Gasteiger partial charge in [-0.05, 0) is 12.1 Å². The number of pyridine rings is 1. The fourth-order valence-electron chi connectivity index (χ4n) is 2.38. The summed E-state index contributed by atoms with van der Waals surface area (Å²) in [6.45, 7) is 1.79. The van der Waals surface area contributed by atoms with Crippen LogP contribution in [-0.4, -0.2) is 41.5 Å². The topological polar surface area (TPSA) is 63.9 Å². The minimum atomic E-state index is -0.128. The molecule has 3 heterocycles. The molecule has 1 aliphatic rings. The van der Waals surface area contributed by atoms with Crippen LogP contribution in [-0.2, 0) is 9.53 Å². The highest BCUT2D eigenvalue weighted by Crippen LogP contribution is 2.15. The van der Waals surface area contributed by atoms with Crippen LogP contribution in [0.2, 0.25) is 0 Å². The van der Waals surface area contributed by atoms with Crippen molar-refractivity contribution in [2.75, 3.05) is 24.6 Å². The first-order chi connectivity index (χ1) is 9.78. The number of anilines is 1. The number of nitrogens with zero attached hydrogens (tertiary/aromatic N) is 3. The number of carbonyl (C=O) groups is 1. The first-order valence-corrected chi connectivity index (χ1v) is 6.56. The zero-order valence-electron chi connectivity index (χ0n) is 10.9. The van der Waals surface area contributed by atoms with E-state index in [1.165, 1.54) is 10.5 Å². The molecular formula is C14H15N3O3. The number of aromatic nitrogens is 2. The van der Waals surface area contributed by atoms with Crippen molar-refractivity contribution in [3.8, 4) is 0 Å². The summed E-state index contributed by atoms with van der Waals surface area (Å²) < 4.78 is 7.01. The highest BCUT2D eigenvalue weighted by Gasteiger charge is 2.21. The average Bonchev–Trinajstić information content (AvgIpc) is 2.48. The molecule has 1 saturated heterocycles. The molecule has 20 heavy (non-hydrogen) atoms. The molecule has 0 aliphatic carbocycles. The van der Waals surface area contributed by atoms with Crippen molar-refractivity contribution in [2.45, 2.75) is 12.5 Å². The van der Waals surface area contributed by atoms with E-state index >= 15 is 0 Å². The monoisotopic (exact) mass is 273 g/mol. The number of carbonyl (C=O) groups excluding carboxylic acids is 1. The minimum Gasteiger partial charge on any atom is -0.374 e. The van der Waals surface area contributed by atoms with Gasteiger partial charge in [-0.25, -0.2) is 4.98 Å².